The van der Waals surface area contributed by atoms with Crippen LogP contribution in [0.15, 0.2) is 25.3 Å². The Morgan fingerprint density at radius 3 is 2.22 bits per heavy atom. The molecule has 2 heteroatoms. The molecule has 2 saturated carbocycles. The molecule has 0 spiro atoms. The van der Waals surface area contributed by atoms with Crippen LogP contribution in [0.3, 0.4) is 0 Å². The van der Waals surface area contributed by atoms with Gasteiger partial charge in [-0.3, -0.25) is 4.90 Å². The van der Waals surface area contributed by atoms with Gasteiger partial charge in [0.05, 0.1) is 0 Å². The van der Waals surface area contributed by atoms with Gasteiger partial charge in [-0.05, 0) is 31.1 Å². The average molecular weight is 248 g/mol. The molecule has 2 nitrogen and oxygen atoms in total. The molecule has 2 aliphatic carbocycles. The first kappa shape index (κ1) is 13.8. The van der Waals surface area contributed by atoms with Crippen molar-refractivity contribution >= 4 is 0 Å². The van der Waals surface area contributed by atoms with E-state index in [2.05, 4.69) is 23.4 Å². The van der Waals surface area contributed by atoms with Crippen LogP contribution in [0, 0.1) is 5.41 Å². The first-order valence-electron chi connectivity index (χ1n) is 7.45. The van der Waals surface area contributed by atoms with Crippen LogP contribution in [-0.2, 0) is 0 Å². The molecule has 0 heterocycles. The highest BCUT2D eigenvalue weighted by molar-refractivity contribution is 4.94. The molecule has 102 valence electrons. The van der Waals surface area contributed by atoms with Gasteiger partial charge in [0.15, 0.2) is 0 Å². The first-order valence-corrected chi connectivity index (χ1v) is 7.45. The summed E-state index contributed by atoms with van der Waals surface area (Å²) in [6.45, 7) is 12.1. The van der Waals surface area contributed by atoms with Crippen molar-refractivity contribution in [1.82, 2.24) is 10.2 Å². The molecule has 0 aliphatic heterocycles. The van der Waals surface area contributed by atoms with Crippen LogP contribution in [0.25, 0.3) is 0 Å². The van der Waals surface area contributed by atoms with Crippen LogP contribution in [-0.4, -0.2) is 37.1 Å². The Bertz CT molecular complexity index is 265. The van der Waals surface area contributed by atoms with E-state index in [0.717, 1.165) is 19.1 Å². The summed E-state index contributed by atoms with van der Waals surface area (Å²) in [5.74, 6) is 0. The van der Waals surface area contributed by atoms with Crippen LogP contribution in [0.4, 0.5) is 0 Å². The smallest absolute Gasteiger partial charge is 0.0164 e. The minimum absolute atomic E-state index is 0.509. The maximum absolute atomic E-state index is 3.87. The fraction of sp³-hybridized carbons (Fsp3) is 0.750. The molecule has 0 aromatic heterocycles. The molecule has 0 atom stereocenters. The maximum Gasteiger partial charge on any atom is 0.0164 e. The van der Waals surface area contributed by atoms with Crippen LogP contribution in [0.1, 0.15) is 38.5 Å². The third-order valence-electron chi connectivity index (χ3n) is 4.34. The Hall–Kier alpha value is -0.600. The van der Waals surface area contributed by atoms with Crippen molar-refractivity contribution in [2.24, 2.45) is 5.41 Å². The molecule has 2 fully saturated rings. The molecular formula is C16H28N2. The van der Waals surface area contributed by atoms with Gasteiger partial charge in [-0.15, -0.1) is 13.2 Å². The molecule has 0 aromatic rings. The lowest BCUT2D eigenvalue weighted by molar-refractivity contribution is 0.170. The predicted molar refractivity (Wildman–Crippen MR) is 78.8 cm³/mol. The quantitative estimate of drug-likeness (QED) is 0.631. The SMILES string of the molecule is C=CCN(CC=C)CC1(CNC2CC2)CCCC1. The van der Waals surface area contributed by atoms with E-state index in [0.29, 0.717) is 5.41 Å². The van der Waals surface area contributed by atoms with E-state index < -0.39 is 0 Å². The number of hydrogen-bond acceptors (Lipinski definition) is 2. The fourth-order valence-electron chi connectivity index (χ4n) is 3.21. The van der Waals surface area contributed by atoms with Crippen molar-refractivity contribution in [3.05, 3.63) is 25.3 Å². The van der Waals surface area contributed by atoms with E-state index in [4.69, 9.17) is 0 Å². The summed E-state index contributed by atoms with van der Waals surface area (Å²) in [6.07, 6.45) is 12.4. The maximum atomic E-state index is 3.87. The molecule has 0 saturated heterocycles. The zero-order valence-electron chi connectivity index (χ0n) is 11.7. The molecule has 0 aromatic carbocycles. The van der Waals surface area contributed by atoms with E-state index in [-0.39, 0.29) is 0 Å². The first-order chi connectivity index (χ1) is 8.78. The Morgan fingerprint density at radius 1 is 1.11 bits per heavy atom. The van der Waals surface area contributed by atoms with Crippen LogP contribution in [0.5, 0.6) is 0 Å². The molecule has 2 rings (SSSR count). The highest BCUT2D eigenvalue weighted by atomic mass is 15.1. The lowest BCUT2D eigenvalue weighted by Gasteiger charge is -2.35. The Labute approximate surface area is 112 Å². The Kier molecular flexibility index (Phi) is 5.02. The lowest BCUT2D eigenvalue weighted by atomic mass is 9.85. The number of nitrogens with one attached hydrogen (secondary N) is 1. The number of hydrogen-bond donors (Lipinski definition) is 1. The van der Waals surface area contributed by atoms with Gasteiger partial charge in [-0.25, -0.2) is 0 Å². The third-order valence-corrected chi connectivity index (χ3v) is 4.34. The molecule has 2 aliphatic rings. The molecule has 0 bridgehead atoms. The molecule has 0 amide bonds. The van der Waals surface area contributed by atoms with E-state index in [1.54, 1.807) is 0 Å². The van der Waals surface area contributed by atoms with Crippen molar-refractivity contribution in [3.8, 4) is 0 Å². The van der Waals surface area contributed by atoms with E-state index >= 15 is 0 Å². The highest BCUT2D eigenvalue weighted by Gasteiger charge is 2.36. The fourth-order valence-corrected chi connectivity index (χ4v) is 3.21. The summed E-state index contributed by atoms with van der Waals surface area (Å²) in [5, 5.41) is 3.75. The molecule has 0 unspecified atom stereocenters. The monoisotopic (exact) mass is 248 g/mol. The van der Waals surface area contributed by atoms with Gasteiger partial charge in [0.2, 0.25) is 0 Å². The van der Waals surface area contributed by atoms with Crippen molar-refractivity contribution < 1.29 is 0 Å². The summed E-state index contributed by atoms with van der Waals surface area (Å²) in [7, 11) is 0. The van der Waals surface area contributed by atoms with Gasteiger partial charge in [0.1, 0.15) is 0 Å². The molecule has 1 N–H and O–H groups in total. The predicted octanol–water partition coefficient (Wildman–Crippen LogP) is 2.97. The summed E-state index contributed by atoms with van der Waals surface area (Å²) in [5.41, 5.74) is 0.509. The molecular weight excluding hydrogens is 220 g/mol. The molecule has 0 radical (unpaired) electrons. The van der Waals surface area contributed by atoms with Crippen molar-refractivity contribution in [2.75, 3.05) is 26.2 Å². The topological polar surface area (TPSA) is 15.3 Å². The average Bonchev–Trinajstić information content (AvgIpc) is 3.08. The molecule has 18 heavy (non-hydrogen) atoms. The number of rotatable bonds is 9. The van der Waals surface area contributed by atoms with Gasteiger partial charge in [0.25, 0.3) is 0 Å². The van der Waals surface area contributed by atoms with Crippen molar-refractivity contribution in [1.29, 1.82) is 0 Å². The lowest BCUT2D eigenvalue weighted by Crippen LogP contribution is -2.43. The number of nitrogens with zero attached hydrogens (tertiary/aromatic N) is 1. The largest absolute Gasteiger partial charge is 0.313 e. The standard InChI is InChI=1S/C16H28N2/c1-3-11-18(12-4-2)14-16(9-5-6-10-16)13-17-15-7-8-15/h3-4,15,17H,1-2,5-14H2. The zero-order chi connectivity index (χ0) is 12.8. The summed E-state index contributed by atoms with van der Waals surface area (Å²) in [4.78, 5) is 2.49. The second kappa shape index (κ2) is 6.53. The van der Waals surface area contributed by atoms with Crippen LogP contribution >= 0.6 is 0 Å². The second-order valence-electron chi connectivity index (χ2n) is 6.13. The van der Waals surface area contributed by atoms with Gasteiger partial charge >= 0.3 is 0 Å². The van der Waals surface area contributed by atoms with E-state index in [1.165, 1.54) is 51.6 Å². The minimum atomic E-state index is 0.509. The van der Waals surface area contributed by atoms with Crippen molar-refractivity contribution in [3.63, 3.8) is 0 Å². The van der Waals surface area contributed by atoms with Gasteiger partial charge < -0.3 is 5.32 Å². The summed E-state index contributed by atoms with van der Waals surface area (Å²) < 4.78 is 0. The van der Waals surface area contributed by atoms with E-state index in [1.807, 2.05) is 12.2 Å². The van der Waals surface area contributed by atoms with Gasteiger partial charge in [0, 0.05) is 32.2 Å². The van der Waals surface area contributed by atoms with Gasteiger partial charge in [-0.1, -0.05) is 25.0 Å². The van der Waals surface area contributed by atoms with Crippen LogP contribution in [0.2, 0.25) is 0 Å². The highest BCUT2D eigenvalue weighted by Crippen LogP contribution is 2.39. The van der Waals surface area contributed by atoms with Crippen molar-refractivity contribution in [2.45, 2.75) is 44.6 Å². The second-order valence-corrected chi connectivity index (χ2v) is 6.13. The third kappa shape index (κ3) is 3.96. The Morgan fingerprint density at radius 2 is 1.72 bits per heavy atom. The summed E-state index contributed by atoms with van der Waals surface area (Å²) >= 11 is 0. The summed E-state index contributed by atoms with van der Waals surface area (Å²) in [6, 6.07) is 0.828. The van der Waals surface area contributed by atoms with Gasteiger partial charge in [-0.2, -0.15) is 0 Å². The zero-order valence-corrected chi connectivity index (χ0v) is 11.7. The van der Waals surface area contributed by atoms with E-state index in [9.17, 15) is 0 Å². The minimum Gasteiger partial charge on any atom is -0.313 e. The normalized spacial score (nSPS) is 22.3. The Balaban J connectivity index is 1.89. The van der Waals surface area contributed by atoms with Crippen LogP contribution < -0.4 is 5.32 Å².